The number of furan rings is 1. The Morgan fingerprint density at radius 1 is 1.23 bits per heavy atom. The van der Waals surface area contributed by atoms with Crippen molar-refractivity contribution in [1.29, 1.82) is 0 Å². The molecular formula is C18H24N2O5S. The molecule has 0 atom stereocenters. The summed E-state index contributed by atoms with van der Waals surface area (Å²) in [6.45, 7) is 4.33. The van der Waals surface area contributed by atoms with E-state index in [1.165, 1.54) is 24.1 Å². The average molecular weight is 380 g/mol. The van der Waals surface area contributed by atoms with Crippen LogP contribution < -0.4 is 4.72 Å². The number of carbonyl (C=O) groups excluding carboxylic acids is 1. The number of benzene rings is 1. The lowest BCUT2D eigenvalue weighted by Gasteiger charge is -2.18. The van der Waals surface area contributed by atoms with Crippen molar-refractivity contribution in [2.75, 3.05) is 27.3 Å². The highest BCUT2D eigenvalue weighted by molar-refractivity contribution is 7.89. The van der Waals surface area contributed by atoms with Crippen LogP contribution in [0.4, 0.5) is 0 Å². The Morgan fingerprint density at radius 2 is 1.96 bits per heavy atom. The molecular weight excluding hydrogens is 356 g/mol. The first-order valence-electron chi connectivity index (χ1n) is 8.14. The summed E-state index contributed by atoms with van der Waals surface area (Å²) in [7, 11) is -0.562. The Balaban J connectivity index is 2.21. The third kappa shape index (κ3) is 4.94. The molecule has 1 aromatic heterocycles. The number of hydrogen-bond donors (Lipinski definition) is 1. The molecule has 0 aliphatic carbocycles. The van der Waals surface area contributed by atoms with Gasteiger partial charge in [0.05, 0.1) is 18.0 Å². The number of methoxy groups -OCH3 is 1. The minimum atomic E-state index is -3.71. The van der Waals surface area contributed by atoms with Gasteiger partial charge in [0.25, 0.3) is 5.91 Å². The number of ether oxygens (including phenoxy) is 1. The molecule has 0 fully saturated rings. The van der Waals surface area contributed by atoms with E-state index in [4.69, 9.17) is 9.15 Å². The summed E-state index contributed by atoms with van der Waals surface area (Å²) >= 11 is 0. The smallest absolute Gasteiger partial charge is 0.254 e. The predicted molar refractivity (Wildman–Crippen MR) is 97.5 cm³/mol. The SMILES string of the molecule is COCCNS(=O)(=O)c1ccc(C)c(C(=O)N(C)Cc2ccc(C)o2)c1. The second-order valence-electron chi connectivity index (χ2n) is 6.04. The van der Waals surface area contributed by atoms with Crippen LogP contribution in [-0.2, 0) is 21.3 Å². The van der Waals surface area contributed by atoms with E-state index >= 15 is 0 Å². The van der Waals surface area contributed by atoms with E-state index in [-0.39, 0.29) is 24.0 Å². The van der Waals surface area contributed by atoms with Crippen molar-refractivity contribution in [2.24, 2.45) is 0 Å². The molecule has 26 heavy (non-hydrogen) atoms. The molecule has 1 heterocycles. The van der Waals surface area contributed by atoms with Crippen molar-refractivity contribution in [3.8, 4) is 0 Å². The second kappa shape index (κ2) is 8.48. The molecule has 0 saturated heterocycles. The fraction of sp³-hybridized carbons (Fsp3) is 0.389. The Bertz CT molecular complexity index is 873. The van der Waals surface area contributed by atoms with E-state index in [9.17, 15) is 13.2 Å². The monoisotopic (exact) mass is 380 g/mol. The first-order chi connectivity index (χ1) is 12.2. The Labute approximate surface area is 154 Å². The van der Waals surface area contributed by atoms with Crippen LogP contribution in [0.15, 0.2) is 39.6 Å². The van der Waals surface area contributed by atoms with Crippen LogP contribution in [-0.4, -0.2) is 46.5 Å². The van der Waals surface area contributed by atoms with E-state index < -0.39 is 10.0 Å². The zero-order valence-electron chi connectivity index (χ0n) is 15.4. The normalized spacial score (nSPS) is 11.5. The van der Waals surface area contributed by atoms with Crippen LogP contribution in [0.1, 0.15) is 27.4 Å². The number of rotatable bonds is 8. The molecule has 1 aromatic carbocycles. The molecule has 1 N–H and O–H groups in total. The fourth-order valence-corrected chi connectivity index (χ4v) is 3.48. The number of nitrogens with zero attached hydrogens (tertiary/aromatic N) is 1. The molecule has 2 rings (SSSR count). The number of hydrogen-bond acceptors (Lipinski definition) is 5. The summed E-state index contributed by atoms with van der Waals surface area (Å²) in [5, 5.41) is 0. The van der Waals surface area contributed by atoms with Gasteiger partial charge in [-0.2, -0.15) is 0 Å². The van der Waals surface area contributed by atoms with Gasteiger partial charge in [0.2, 0.25) is 10.0 Å². The molecule has 7 nitrogen and oxygen atoms in total. The van der Waals surface area contributed by atoms with Gasteiger partial charge in [-0.1, -0.05) is 6.07 Å². The highest BCUT2D eigenvalue weighted by Gasteiger charge is 2.20. The van der Waals surface area contributed by atoms with Crippen LogP contribution in [0.2, 0.25) is 0 Å². The minimum absolute atomic E-state index is 0.0461. The standard InChI is InChI=1S/C18H24N2O5S/c1-13-5-8-16(26(22,23)19-9-10-24-4)11-17(13)18(21)20(3)12-15-7-6-14(2)25-15/h5-8,11,19H,9-10,12H2,1-4H3. The minimum Gasteiger partial charge on any atom is -0.464 e. The Morgan fingerprint density at radius 3 is 2.58 bits per heavy atom. The summed E-state index contributed by atoms with van der Waals surface area (Å²) in [6, 6.07) is 8.15. The maximum atomic E-state index is 12.8. The molecule has 0 aliphatic heterocycles. The lowest BCUT2D eigenvalue weighted by molar-refractivity contribution is 0.0774. The molecule has 2 aromatic rings. The van der Waals surface area contributed by atoms with Crippen LogP contribution in [0.5, 0.6) is 0 Å². The first kappa shape index (κ1) is 20.2. The van der Waals surface area contributed by atoms with Crippen LogP contribution in [0.25, 0.3) is 0 Å². The summed E-state index contributed by atoms with van der Waals surface area (Å²) in [5.74, 6) is 1.17. The van der Waals surface area contributed by atoms with Crippen LogP contribution in [0, 0.1) is 13.8 Å². The van der Waals surface area contributed by atoms with Gasteiger partial charge in [-0.15, -0.1) is 0 Å². The van der Waals surface area contributed by atoms with Crippen LogP contribution in [0.3, 0.4) is 0 Å². The third-order valence-corrected chi connectivity index (χ3v) is 5.34. The second-order valence-corrected chi connectivity index (χ2v) is 7.81. The topological polar surface area (TPSA) is 88.8 Å². The zero-order chi connectivity index (χ0) is 19.3. The van der Waals surface area contributed by atoms with Gasteiger partial charge in [0.1, 0.15) is 11.5 Å². The van der Waals surface area contributed by atoms with Crippen molar-refractivity contribution < 1.29 is 22.4 Å². The maximum absolute atomic E-state index is 12.8. The van der Waals surface area contributed by atoms with Crippen molar-refractivity contribution in [1.82, 2.24) is 9.62 Å². The first-order valence-corrected chi connectivity index (χ1v) is 9.63. The van der Waals surface area contributed by atoms with E-state index in [0.29, 0.717) is 23.4 Å². The summed E-state index contributed by atoms with van der Waals surface area (Å²) in [4.78, 5) is 14.3. The largest absolute Gasteiger partial charge is 0.464 e. The van der Waals surface area contributed by atoms with Crippen molar-refractivity contribution in [3.05, 3.63) is 53.0 Å². The van der Waals surface area contributed by atoms with E-state index in [1.807, 2.05) is 19.1 Å². The van der Waals surface area contributed by atoms with Gasteiger partial charge in [-0.25, -0.2) is 13.1 Å². The molecule has 142 valence electrons. The van der Waals surface area contributed by atoms with E-state index in [0.717, 1.165) is 5.76 Å². The number of aryl methyl sites for hydroxylation is 2. The molecule has 0 aliphatic rings. The van der Waals surface area contributed by atoms with Gasteiger partial charge < -0.3 is 14.1 Å². The van der Waals surface area contributed by atoms with Gasteiger partial charge in [0, 0.05) is 26.3 Å². The van der Waals surface area contributed by atoms with Crippen molar-refractivity contribution >= 4 is 15.9 Å². The molecule has 1 amide bonds. The third-order valence-electron chi connectivity index (χ3n) is 3.88. The number of nitrogens with one attached hydrogen (secondary N) is 1. The average Bonchev–Trinajstić information content (AvgIpc) is 2.99. The highest BCUT2D eigenvalue weighted by Crippen LogP contribution is 2.18. The molecule has 0 saturated carbocycles. The lowest BCUT2D eigenvalue weighted by Crippen LogP contribution is -2.29. The van der Waals surface area contributed by atoms with Crippen molar-refractivity contribution in [2.45, 2.75) is 25.3 Å². The van der Waals surface area contributed by atoms with Gasteiger partial charge in [-0.3, -0.25) is 4.79 Å². The lowest BCUT2D eigenvalue weighted by atomic mass is 10.1. The summed E-state index contributed by atoms with van der Waals surface area (Å²) in [6.07, 6.45) is 0. The number of carbonyl (C=O) groups is 1. The Hall–Kier alpha value is -2.16. The predicted octanol–water partition coefficient (Wildman–Crippen LogP) is 2.09. The number of amides is 1. The quantitative estimate of drug-likeness (QED) is 0.709. The zero-order valence-corrected chi connectivity index (χ0v) is 16.2. The van der Waals surface area contributed by atoms with Gasteiger partial charge >= 0.3 is 0 Å². The Kier molecular flexibility index (Phi) is 6.57. The van der Waals surface area contributed by atoms with E-state index in [2.05, 4.69) is 4.72 Å². The number of sulfonamides is 1. The molecule has 0 spiro atoms. The molecule has 0 unspecified atom stereocenters. The summed E-state index contributed by atoms with van der Waals surface area (Å²) in [5.41, 5.74) is 1.04. The van der Waals surface area contributed by atoms with Gasteiger partial charge in [0.15, 0.2) is 0 Å². The maximum Gasteiger partial charge on any atom is 0.254 e. The van der Waals surface area contributed by atoms with Crippen molar-refractivity contribution in [3.63, 3.8) is 0 Å². The fourth-order valence-electron chi connectivity index (χ4n) is 2.44. The highest BCUT2D eigenvalue weighted by atomic mass is 32.2. The van der Waals surface area contributed by atoms with E-state index in [1.54, 1.807) is 20.0 Å². The van der Waals surface area contributed by atoms with Gasteiger partial charge in [-0.05, 0) is 43.7 Å². The molecule has 0 bridgehead atoms. The molecule has 0 radical (unpaired) electrons. The molecule has 8 heteroatoms. The van der Waals surface area contributed by atoms with Crippen LogP contribution >= 0.6 is 0 Å². The summed E-state index contributed by atoms with van der Waals surface area (Å²) < 4.78 is 37.5.